The van der Waals surface area contributed by atoms with Crippen molar-refractivity contribution < 1.29 is 19.1 Å². The van der Waals surface area contributed by atoms with Gasteiger partial charge in [0.25, 0.3) is 0 Å². The second kappa shape index (κ2) is 4.35. The molecule has 2 amide bonds. The Hall–Kier alpha value is -1.43. The number of hydrogen-bond donors (Lipinski definition) is 1. The van der Waals surface area contributed by atoms with Crippen LogP contribution in [0.2, 0.25) is 0 Å². The van der Waals surface area contributed by atoms with Crippen LogP contribution in [0.15, 0.2) is 0 Å². The molecule has 6 heteroatoms. The quantitative estimate of drug-likeness (QED) is 0.535. The lowest BCUT2D eigenvalue weighted by molar-refractivity contribution is -0.151. The Balaban J connectivity index is 1.90. The highest BCUT2D eigenvalue weighted by molar-refractivity contribution is 6.08. The summed E-state index contributed by atoms with van der Waals surface area (Å²) in [6, 6.07) is 0. The summed E-state index contributed by atoms with van der Waals surface area (Å²) in [7, 11) is 0. The van der Waals surface area contributed by atoms with Crippen molar-refractivity contribution in [3.05, 3.63) is 0 Å². The number of carbonyl (C=O) groups excluding carboxylic acids is 3. The molecule has 3 unspecified atom stereocenters. The number of piperidine rings is 1. The van der Waals surface area contributed by atoms with E-state index in [4.69, 9.17) is 10.5 Å². The summed E-state index contributed by atoms with van der Waals surface area (Å²) in [5.41, 5.74) is 4.67. The highest BCUT2D eigenvalue weighted by Gasteiger charge is 2.58. The smallest absolute Gasteiger partial charge is 0.325 e. The van der Waals surface area contributed by atoms with Crippen LogP contribution < -0.4 is 5.73 Å². The van der Waals surface area contributed by atoms with E-state index in [9.17, 15) is 14.4 Å². The molecule has 0 aromatic heterocycles. The first kappa shape index (κ1) is 13.0. The second-order valence-corrected chi connectivity index (χ2v) is 5.16. The van der Waals surface area contributed by atoms with Crippen LogP contribution in [0.25, 0.3) is 0 Å². The SMILES string of the molecule is CCOC(=O)C(C)(N)CCN1C(=O)C2CC2C1=O. The standard InChI is InChI=1S/C12H18N2O4/c1-3-18-11(17)12(2,13)4-5-14-9(15)7-6-8(7)10(14)16/h7-8H,3-6,13H2,1-2H3. The molecule has 0 aromatic carbocycles. The van der Waals surface area contributed by atoms with E-state index in [1.54, 1.807) is 13.8 Å². The number of rotatable bonds is 5. The van der Waals surface area contributed by atoms with Gasteiger partial charge in [-0.3, -0.25) is 19.3 Å². The third kappa shape index (κ3) is 2.12. The number of likely N-dealkylation sites (tertiary alicyclic amines) is 1. The maximum absolute atomic E-state index is 11.7. The molecule has 3 atom stereocenters. The third-order valence-corrected chi connectivity index (χ3v) is 3.55. The molecule has 1 aliphatic heterocycles. The number of imide groups is 1. The van der Waals surface area contributed by atoms with Crippen molar-refractivity contribution in [2.45, 2.75) is 32.2 Å². The van der Waals surface area contributed by atoms with E-state index in [0.29, 0.717) is 6.42 Å². The average molecular weight is 254 g/mol. The molecule has 0 bridgehead atoms. The molecule has 1 aliphatic carbocycles. The average Bonchev–Trinajstić information content (AvgIpc) is 3.04. The first-order valence-electron chi connectivity index (χ1n) is 6.20. The van der Waals surface area contributed by atoms with E-state index in [-0.39, 0.29) is 43.2 Å². The highest BCUT2D eigenvalue weighted by atomic mass is 16.5. The van der Waals surface area contributed by atoms with E-state index in [1.807, 2.05) is 0 Å². The van der Waals surface area contributed by atoms with Crippen molar-refractivity contribution in [1.29, 1.82) is 0 Å². The minimum atomic E-state index is -1.16. The highest BCUT2D eigenvalue weighted by Crippen LogP contribution is 2.47. The maximum atomic E-state index is 11.7. The fourth-order valence-electron chi connectivity index (χ4n) is 2.21. The van der Waals surface area contributed by atoms with Gasteiger partial charge < -0.3 is 10.5 Å². The lowest BCUT2D eigenvalue weighted by Gasteiger charge is -2.25. The van der Waals surface area contributed by atoms with E-state index in [2.05, 4.69) is 0 Å². The molecule has 2 aliphatic rings. The van der Waals surface area contributed by atoms with Crippen LogP contribution in [-0.4, -0.2) is 41.4 Å². The number of amides is 2. The second-order valence-electron chi connectivity index (χ2n) is 5.16. The number of nitrogens with two attached hydrogens (primary N) is 1. The zero-order chi connectivity index (χ0) is 13.5. The Morgan fingerprint density at radius 2 is 2.00 bits per heavy atom. The maximum Gasteiger partial charge on any atom is 0.325 e. The first-order chi connectivity index (χ1) is 8.38. The first-order valence-corrected chi connectivity index (χ1v) is 6.20. The van der Waals surface area contributed by atoms with Crippen molar-refractivity contribution in [3.63, 3.8) is 0 Å². The van der Waals surface area contributed by atoms with Gasteiger partial charge in [0, 0.05) is 6.54 Å². The summed E-state index contributed by atoms with van der Waals surface area (Å²) in [5, 5.41) is 0. The van der Waals surface area contributed by atoms with E-state index < -0.39 is 11.5 Å². The van der Waals surface area contributed by atoms with Gasteiger partial charge in [0.15, 0.2) is 0 Å². The van der Waals surface area contributed by atoms with Crippen LogP contribution in [0.4, 0.5) is 0 Å². The number of fused-ring (bicyclic) bond motifs is 1. The molecule has 0 spiro atoms. The van der Waals surface area contributed by atoms with Crippen LogP contribution in [0, 0.1) is 11.8 Å². The molecule has 0 aromatic rings. The Bertz CT molecular complexity index is 385. The molecule has 100 valence electrons. The minimum Gasteiger partial charge on any atom is -0.465 e. The van der Waals surface area contributed by atoms with Gasteiger partial charge in [-0.25, -0.2) is 0 Å². The Labute approximate surface area is 105 Å². The fraction of sp³-hybridized carbons (Fsp3) is 0.750. The topological polar surface area (TPSA) is 89.7 Å². The number of carbonyl (C=O) groups is 3. The predicted octanol–water partition coefficient (Wildman–Crippen LogP) is -0.338. The lowest BCUT2D eigenvalue weighted by Crippen LogP contribution is -2.49. The van der Waals surface area contributed by atoms with Crippen molar-refractivity contribution in [1.82, 2.24) is 4.90 Å². The molecular weight excluding hydrogens is 236 g/mol. The number of esters is 1. The van der Waals surface area contributed by atoms with Gasteiger partial charge in [-0.15, -0.1) is 0 Å². The molecule has 1 saturated heterocycles. The van der Waals surface area contributed by atoms with Crippen LogP contribution >= 0.6 is 0 Å². The summed E-state index contributed by atoms with van der Waals surface area (Å²) >= 11 is 0. The van der Waals surface area contributed by atoms with E-state index >= 15 is 0 Å². The van der Waals surface area contributed by atoms with Gasteiger partial charge in [0.1, 0.15) is 5.54 Å². The van der Waals surface area contributed by atoms with Gasteiger partial charge in [-0.05, 0) is 26.7 Å². The van der Waals surface area contributed by atoms with Crippen LogP contribution in [-0.2, 0) is 19.1 Å². The third-order valence-electron chi connectivity index (χ3n) is 3.55. The largest absolute Gasteiger partial charge is 0.465 e. The summed E-state index contributed by atoms with van der Waals surface area (Å²) < 4.78 is 4.85. The molecule has 18 heavy (non-hydrogen) atoms. The number of hydrogen-bond acceptors (Lipinski definition) is 5. The number of nitrogens with zero attached hydrogens (tertiary/aromatic N) is 1. The van der Waals surface area contributed by atoms with Gasteiger partial charge in [-0.1, -0.05) is 0 Å². The molecule has 1 heterocycles. The van der Waals surface area contributed by atoms with Crippen LogP contribution in [0.1, 0.15) is 26.7 Å². The van der Waals surface area contributed by atoms with Gasteiger partial charge in [-0.2, -0.15) is 0 Å². The molecule has 2 fully saturated rings. The number of ether oxygens (including phenoxy) is 1. The van der Waals surface area contributed by atoms with Gasteiger partial charge in [0.2, 0.25) is 11.8 Å². The van der Waals surface area contributed by atoms with Gasteiger partial charge in [0.05, 0.1) is 18.4 Å². The van der Waals surface area contributed by atoms with Gasteiger partial charge >= 0.3 is 5.97 Å². The Morgan fingerprint density at radius 1 is 1.44 bits per heavy atom. The summed E-state index contributed by atoms with van der Waals surface area (Å²) in [4.78, 5) is 36.2. The summed E-state index contributed by atoms with van der Waals surface area (Å²) in [6.45, 7) is 3.71. The minimum absolute atomic E-state index is 0.107. The van der Waals surface area contributed by atoms with Crippen LogP contribution in [0.5, 0.6) is 0 Å². The Kier molecular flexibility index (Phi) is 3.14. The van der Waals surface area contributed by atoms with Crippen LogP contribution in [0.3, 0.4) is 0 Å². The molecule has 0 radical (unpaired) electrons. The monoisotopic (exact) mass is 254 g/mol. The van der Waals surface area contributed by atoms with Crippen molar-refractivity contribution in [2.24, 2.45) is 17.6 Å². The summed E-state index contributed by atoms with van der Waals surface area (Å²) in [5.74, 6) is -0.961. The Morgan fingerprint density at radius 3 is 2.50 bits per heavy atom. The molecule has 1 saturated carbocycles. The fourth-order valence-corrected chi connectivity index (χ4v) is 2.21. The molecular formula is C12H18N2O4. The van der Waals surface area contributed by atoms with Crippen molar-refractivity contribution in [3.8, 4) is 0 Å². The summed E-state index contributed by atoms with van der Waals surface area (Å²) in [6.07, 6.45) is 0.911. The molecule has 2 rings (SSSR count). The normalized spacial score (nSPS) is 28.9. The van der Waals surface area contributed by atoms with Crippen molar-refractivity contribution in [2.75, 3.05) is 13.2 Å². The van der Waals surface area contributed by atoms with E-state index in [0.717, 1.165) is 0 Å². The lowest BCUT2D eigenvalue weighted by atomic mass is 9.99. The van der Waals surface area contributed by atoms with E-state index in [1.165, 1.54) is 4.90 Å². The molecule has 2 N–H and O–H groups in total. The zero-order valence-electron chi connectivity index (χ0n) is 10.6. The predicted molar refractivity (Wildman–Crippen MR) is 62.2 cm³/mol. The molecule has 6 nitrogen and oxygen atoms in total. The zero-order valence-corrected chi connectivity index (χ0v) is 10.6. The van der Waals surface area contributed by atoms with Crippen molar-refractivity contribution >= 4 is 17.8 Å².